The Morgan fingerprint density at radius 2 is 1.34 bits per heavy atom. The lowest BCUT2D eigenvalue weighted by Gasteiger charge is -2.24. The minimum absolute atomic E-state index is 0.0597. The number of carbonyl (C=O) groups excluding carboxylic acids is 4. The molecule has 17 heteroatoms. The molecule has 198 valence electrons. The van der Waals surface area contributed by atoms with Gasteiger partial charge in [-0.25, -0.2) is 4.79 Å². The van der Waals surface area contributed by atoms with E-state index in [4.69, 9.17) is 28.0 Å². The molecule has 0 spiro atoms. The molecular weight excluding hydrogens is 472 g/mol. The van der Waals surface area contributed by atoms with Gasteiger partial charge in [0.05, 0.1) is 19.1 Å². The van der Waals surface area contributed by atoms with Crippen LogP contribution >= 0.6 is 0 Å². The first-order chi connectivity index (χ1) is 16.3. The maximum absolute atomic E-state index is 12.6. The molecule has 0 aromatic rings. The largest absolute Gasteiger partial charge is 0.481 e. The van der Waals surface area contributed by atoms with Gasteiger partial charge in [-0.2, -0.15) is 0 Å². The summed E-state index contributed by atoms with van der Waals surface area (Å²) in [6, 6.07) is -5.89. The topological polar surface area (TPSA) is 316 Å². The molecule has 0 bridgehead atoms. The van der Waals surface area contributed by atoms with Crippen LogP contribution in [0, 0.1) is 0 Å². The maximum Gasteiger partial charge on any atom is 0.326 e. The molecule has 14 N–H and O–H groups in total. The predicted molar refractivity (Wildman–Crippen MR) is 119 cm³/mol. The number of hydrogen-bond acceptors (Lipinski definition) is 9. The van der Waals surface area contributed by atoms with Crippen LogP contribution in [0.15, 0.2) is 4.99 Å². The van der Waals surface area contributed by atoms with E-state index in [1.807, 2.05) is 0 Å². The van der Waals surface area contributed by atoms with E-state index in [2.05, 4.69) is 20.9 Å². The van der Waals surface area contributed by atoms with Crippen molar-refractivity contribution >= 4 is 41.5 Å². The lowest BCUT2D eigenvalue weighted by atomic mass is 10.1. The average molecular weight is 505 g/mol. The Morgan fingerprint density at radius 3 is 1.83 bits per heavy atom. The van der Waals surface area contributed by atoms with Gasteiger partial charge in [0.15, 0.2) is 5.96 Å². The van der Waals surface area contributed by atoms with Crippen molar-refractivity contribution in [2.45, 2.75) is 56.3 Å². The van der Waals surface area contributed by atoms with Gasteiger partial charge in [0, 0.05) is 13.0 Å². The second-order valence-electron chi connectivity index (χ2n) is 7.36. The number of carbonyl (C=O) groups is 6. The number of nitrogens with one attached hydrogen (secondary N) is 3. The van der Waals surface area contributed by atoms with Gasteiger partial charge in [-0.3, -0.25) is 29.0 Å². The zero-order valence-electron chi connectivity index (χ0n) is 18.8. The van der Waals surface area contributed by atoms with Crippen molar-refractivity contribution in [1.82, 2.24) is 16.0 Å². The second-order valence-corrected chi connectivity index (χ2v) is 7.36. The number of primary amides is 1. The smallest absolute Gasteiger partial charge is 0.326 e. The van der Waals surface area contributed by atoms with E-state index in [0.717, 1.165) is 0 Å². The van der Waals surface area contributed by atoms with Crippen LogP contribution in [0.25, 0.3) is 0 Å². The Hall–Kier alpha value is -3.99. The molecule has 0 rings (SSSR count). The van der Waals surface area contributed by atoms with Gasteiger partial charge in [-0.1, -0.05) is 0 Å². The SMILES string of the molecule is NC(=O)CC(NC(=O)C(CCCN=C(N)N)NC(=O)C(CO)NC(=O)C(N)CCC(=O)O)C(=O)O. The van der Waals surface area contributed by atoms with E-state index < -0.39 is 79.2 Å². The van der Waals surface area contributed by atoms with Gasteiger partial charge in [-0.15, -0.1) is 0 Å². The molecule has 0 saturated heterocycles. The van der Waals surface area contributed by atoms with E-state index in [0.29, 0.717) is 0 Å². The van der Waals surface area contributed by atoms with E-state index >= 15 is 0 Å². The molecule has 0 aliphatic rings. The summed E-state index contributed by atoms with van der Waals surface area (Å²) in [5, 5.41) is 33.8. The molecule has 4 unspecified atom stereocenters. The lowest BCUT2D eigenvalue weighted by molar-refractivity contribution is -0.144. The third-order valence-corrected chi connectivity index (χ3v) is 4.42. The second kappa shape index (κ2) is 15.8. The minimum atomic E-state index is -1.67. The molecule has 35 heavy (non-hydrogen) atoms. The molecule has 0 aromatic carbocycles. The summed E-state index contributed by atoms with van der Waals surface area (Å²) in [4.78, 5) is 74.0. The van der Waals surface area contributed by atoms with E-state index in [-0.39, 0.29) is 31.8 Å². The molecular formula is C18H32N8O9. The maximum atomic E-state index is 12.6. The first kappa shape index (κ1) is 31.0. The molecule has 0 radical (unpaired) electrons. The number of carboxylic acids is 2. The molecule has 4 atom stereocenters. The highest BCUT2D eigenvalue weighted by Crippen LogP contribution is 2.03. The summed E-state index contributed by atoms with van der Waals surface area (Å²) in [6.45, 7) is -0.838. The van der Waals surface area contributed by atoms with Crippen molar-refractivity contribution in [1.29, 1.82) is 0 Å². The first-order valence-corrected chi connectivity index (χ1v) is 10.3. The number of amides is 4. The Labute approximate surface area is 199 Å². The lowest BCUT2D eigenvalue weighted by Crippen LogP contribution is -2.58. The average Bonchev–Trinajstić information content (AvgIpc) is 2.76. The van der Waals surface area contributed by atoms with Crippen molar-refractivity contribution in [3.8, 4) is 0 Å². The van der Waals surface area contributed by atoms with Crippen LogP contribution in [-0.2, 0) is 28.8 Å². The van der Waals surface area contributed by atoms with Crippen molar-refractivity contribution < 1.29 is 44.1 Å². The fourth-order valence-corrected chi connectivity index (χ4v) is 2.60. The number of nitrogens with zero attached hydrogens (tertiary/aromatic N) is 1. The van der Waals surface area contributed by atoms with Crippen molar-refractivity contribution in [3.05, 3.63) is 0 Å². The molecule has 0 saturated carbocycles. The van der Waals surface area contributed by atoms with Crippen LogP contribution < -0.4 is 38.9 Å². The summed E-state index contributed by atoms with van der Waals surface area (Å²) in [6.07, 6.45) is -1.29. The van der Waals surface area contributed by atoms with Crippen molar-refractivity contribution in [3.63, 3.8) is 0 Å². The number of carboxylic acid groups (broad SMARTS) is 2. The number of nitrogens with two attached hydrogens (primary N) is 4. The Bertz CT molecular complexity index is 816. The number of aliphatic carboxylic acids is 2. The monoisotopic (exact) mass is 504 g/mol. The Kier molecular flexibility index (Phi) is 14.0. The van der Waals surface area contributed by atoms with Crippen molar-refractivity contribution in [2.24, 2.45) is 27.9 Å². The highest BCUT2D eigenvalue weighted by atomic mass is 16.4. The fraction of sp³-hybridized carbons (Fsp3) is 0.611. The molecule has 0 aliphatic heterocycles. The Balaban J connectivity index is 5.40. The predicted octanol–water partition coefficient (Wildman–Crippen LogP) is -5.36. The van der Waals surface area contributed by atoms with Crippen LogP contribution in [0.3, 0.4) is 0 Å². The van der Waals surface area contributed by atoms with Crippen molar-refractivity contribution in [2.75, 3.05) is 13.2 Å². The van der Waals surface area contributed by atoms with Crippen LogP contribution in [-0.4, -0.2) is 94.2 Å². The number of aliphatic hydroxyl groups is 1. The van der Waals surface area contributed by atoms with Crippen LogP contribution in [0.2, 0.25) is 0 Å². The van der Waals surface area contributed by atoms with Crippen LogP contribution in [0.4, 0.5) is 0 Å². The first-order valence-electron chi connectivity index (χ1n) is 10.3. The number of hydrogen-bond donors (Lipinski definition) is 10. The summed E-state index contributed by atoms with van der Waals surface area (Å²) < 4.78 is 0. The number of aliphatic hydroxyl groups excluding tert-OH is 1. The van der Waals surface area contributed by atoms with Gasteiger partial charge >= 0.3 is 11.9 Å². The highest BCUT2D eigenvalue weighted by molar-refractivity contribution is 5.95. The van der Waals surface area contributed by atoms with Gasteiger partial charge in [0.1, 0.15) is 18.1 Å². The van der Waals surface area contributed by atoms with Crippen LogP contribution in [0.1, 0.15) is 32.1 Å². The molecule has 4 amide bonds. The molecule has 0 fully saturated rings. The van der Waals surface area contributed by atoms with Crippen LogP contribution in [0.5, 0.6) is 0 Å². The number of rotatable bonds is 17. The molecule has 0 heterocycles. The fourth-order valence-electron chi connectivity index (χ4n) is 2.60. The summed E-state index contributed by atoms with van der Waals surface area (Å²) in [5.74, 6) is -6.86. The number of aliphatic imine (C=N–C) groups is 1. The summed E-state index contributed by atoms with van der Waals surface area (Å²) in [5.41, 5.74) is 21.0. The normalized spacial score (nSPS) is 13.9. The summed E-state index contributed by atoms with van der Waals surface area (Å²) >= 11 is 0. The van der Waals surface area contributed by atoms with Gasteiger partial charge in [0.2, 0.25) is 23.6 Å². The summed E-state index contributed by atoms with van der Waals surface area (Å²) in [7, 11) is 0. The Morgan fingerprint density at radius 1 is 0.800 bits per heavy atom. The van der Waals surface area contributed by atoms with Gasteiger partial charge in [-0.05, 0) is 19.3 Å². The zero-order valence-corrected chi connectivity index (χ0v) is 18.8. The van der Waals surface area contributed by atoms with E-state index in [1.54, 1.807) is 0 Å². The molecule has 0 aromatic heterocycles. The highest BCUT2D eigenvalue weighted by Gasteiger charge is 2.30. The van der Waals surface area contributed by atoms with Gasteiger partial charge < -0.3 is 54.2 Å². The number of guanidine groups is 1. The van der Waals surface area contributed by atoms with E-state index in [9.17, 15) is 39.0 Å². The minimum Gasteiger partial charge on any atom is -0.481 e. The standard InChI is InChI=1S/C18H32N8O9/c19-8(3-4-13(29)30)14(31)26-11(7-27)16(33)24-9(2-1-5-23-18(21)22)15(32)25-10(17(34)35)6-12(20)28/h8-11,27H,1-7,19H2,(H2,20,28)(H,24,33)(H,25,32)(H,26,31)(H,29,30)(H,34,35)(H4,21,22,23). The third kappa shape index (κ3) is 13.3. The van der Waals surface area contributed by atoms with E-state index in [1.165, 1.54) is 0 Å². The molecule has 17 nitrogen and oxygen atoms in total. The quantitative estimate of drug-likeness (QED) is 0.0504. The third-order valence-electron chi connectivity index (χ3n) is 4.42. The molecule has 0 aliphatic carbocycles. The van der Waals surface area contributed by atoms with Gasteiger partial charge in [0.25, 0.3) is 0 Å². The zero-order chi connectivity index (χ0) is 27.1.